The molecule has 0 unspecified atom stereocenters. The quantitative estimate of drug-likeness (QED) is 0.296. The summed E-state index contributed by atoms with van der Waals surface area (Å²) in [5.41, 5.74) is 0. The number of carbonyl (C=O) groups is 4. The Morgan fingerprint density at radius 2 is 0.733 bits per heavy atom. The van der Waals surface area contributed by atoms with Gasteiger partial charge in [0.15, 0.2) is 0 Å². The normalized spacial score (nSPS) is 6.73. The van der Waals surface area contributed by atoms with Crippen LogP contribution >= 0.6 is 0 Å². The van der Waals surface area contributed by atoms with Crippen LogP contribution < -0.4 is 0 Å². The van der Waals surface area contributed by atoms with Crippen LogP contribution in [0.3, 0.4) is 0 Å². The van der Waals surface area contributed by atoms with Crippen LogP contribution in [0.5, 0.6) is 0 Å². The second-order valence-electron chi connectivity index (χ2n) is 1.30. The second kappa shape index (κ2) is 12.2. The summed E-state index contributed by atoms with van der Waals surface area (Å²) in [6.07, 6.45) is 0. The molecule has 0 aliphatic rings. The summed E-state index contributed by atoms with van der Waals surface area (Å²) in [5.74, 6) is -7.30. The molecule has 0 heterocycles. The molecule has 0 spiro atoms. The molecular weight excluding hydrogens is 259 g/mol. The predicted octanol–water partition coefficient (Wildman–Crippen LogP) is -2.37. The molecule has 0 saturated carbocycles. The maximum absolute atomic E-state index is 9.10. The van der Waals surface area contributed by atoms with Crippen molar-refractivity contribution in [3.8, 4) is 0 Å². The van der Waals surface area contributed by atoms with E-state index in [4.69, 9.17) is 47.3 Å². The van der Waals surface area contributed by atoms with Crippen molar-refractivity contribution in [3.05, 3.63) is 0 Å². The number of aliphatic carboxylic acids is 4. The average Bonchev–Trinajstić information content (AvgIpc) is 2.06. The van der Waals surface area contributed by atoms with E-state index in [0.29, 0.717) is 0 Å². The molecule has 0 aliphatic carbocycles. The van der Waals surface area contributed by atoms with Crippen molar-refractivity contribution in [2.75, 3.05) is 0 Å². The number of hydrogen-bond donors (Lipinski definition) is 5. The van der Waals surface area contributed by atoms with Gasteiger partial charge in [0.05, 0.1) is 0 Å². The Labute approximate surface area is 88.4 Å². The van der Waals surface area contributed by atoms with E-state index in [1.165, 1.54) is 0 Å². The summed E-state index contributed by atoms with van der Waals surface area (Å²) in [5, 5.41) is 29.6. The fourth-order valence-corrected chi connectivity index (χ4v) is 0. The van der Waals surface area contributed by atoms with Gasteiger partial charge in [-0.15, -0.1) is 0 Å². The van der Waals surface area contributed by atoms with Crippen LogP contribution in [0.2, 0.25) is 0 Å². The molecule has 0 aromatic rings. The van der Waals surface area contributed by atoms with E-state index < -0.39 is 40.5 Å². The van der Waals surface area contributed by atoms with Crippen molar-refractivity contribution in [2.24, 2.45) is 0 Å². The molecule has 0 aliphatic heterocycles. The van der Waals surface area contributed by atoms with Crippen LogP contribution in [0.1, 0.15) is 0 Å². The number of carboxylic acids is 4. The summed E-state index contributed by atoms with van der Waals surface area (Å²) in [6.45, 7) is 0. The summed E-state index contributed by atoms with van der Waals surface area (Å²) >= 11 is -1.56. The summed E-state index contributed by atoms with van der Waals surface area (Å²) in [6, 6.07) is 0. The van der Waals surface area contributed by atoms with Gasteiger partial charge < -0.3 is 20.4 Å². The van der Waals surface area contributed by atoms with Crippen molar-refractivity contribution in [2.45, 2.75) is 0 Å². The van der Waals surface area contributed by atoms with Crippen molar-refractivity contribution < 1.29 is 63.9 Å². The van der Waals surface area contributed by atoms with Gasteiger partial charge in [-0.05, 0) is 0 Å². The van der Waals surface area contributed by atoms with E-state index in [-0.39, 0.29) is 0 Å². The van der Waals surface area contributed by atoms with Gasteiger partial charge >= 0.3 is 48.2 Å². The standard InChI is InChI=1S/2C2H2O4.H2O.O.V/c2*3-1(4)2(5)6;;;/h2*(H,3,4)(H,5,6);1H2;;/q;;;;+1/p-1. The first kappa shape index (κ1) is 18.9. The Bertz CT molecular complexity index is 208. The first-order valence-corrected chi connectivity index (χ1v) is 3.79. The third-order valence-electron chi connectivity index (χ3n) is 0.366. The Morgan fingerprint density at radius 1 is 0.667 bits per heavy atom. The van der Waals surface area contributed by atoms with E-state index >= 15 is 0 Å². The molecular formula is C4H5O10V. The SMILES string of the molecule is O=C(O)C(=O)O.O=C(O)C(=O)O.[O]=[V][OH]. The Hall–Kier alpha value is -1.78. The van der Waals surface area contributed by atoms with E-state index in [9.17, 15) is 0 Å². The van der Waals surface area contributed by atoms with E-state index in [0.717, 1.165) is 0 Å². The zero-order valence-corrected chi connectivity index (χ0v) is 8.12. The molecule has 0 amide bonds. The van der Waals surface area contributed by atoms with E-state index in [2.05, 4.69) is 0 Å². The predicted molar refractivity (Wildman–Crippen MR) is 33.4 cm³/mol. The minimum atomic E-state index is -1.82. The number of rotatable bonds is 0. The van der Waals surface area contributed by atoms with Gasteiger partial charge in [-0.25, -0.2) is 19.2 Å². The molecule has 0 atom stereocenters. The monoisotopic (exact) mass is 264 g/mol. The van der Waals surface area contributed by atoms with Crippen LogP contribution in [0, 0.1) is 0 Å². The fraction of sp³-hybridized carbons (Fsp3) is 0. The number of hydrogen-bond acceptors (Lipinski definition) is 5. The van der Waals surface area contributed by atoms with Gasteiger partial charge in [0.1, 0.15) is 0 Å². The molecule has 0 aromatic carbocycles. The summed E-state index contributed by atoms with van der Waals surface area (Å²) < 4.78 is 15.7. The molecule has 11 heteroatoms. The molecule has 15 heavy (non-hydrogen) atoms. The third kappa shape index (κ3) is 33.0. The molecule has 0 bridgehead atoms. The van der Waals surface area contributed by atoms with Crippen LogP contribution in [0.25, 0.3) is 0 Å². The van der Waals surface area contributed by atoms with Gasteiger partial charge in [-0.2, -0.15) is 0 Å². The molecule has 10 nitrogen and oxygen atoms in total. The van der Waals surface area contributed by atoms with Crippen LogP contribution in [-0.4, -0.2) is 48.3 Å². The molecule has 0 aromatic heterocycles. The van der Waals surface area contributed by atoms with E-state index in [1.807, 2.05) is 0 Å². The maximum atomic E-state index is 9.10. The Morgan fingerprint density at radius 3 is 0.733 bits per heavy atom. The van der Waals surface area contributed by atoms with Crippen molar-refractivity contribution in [1.29, 1.82) is 0 Å². The van der Waals surface area contributed by atoms with Crippen molar-refractivity contribution in [3.63, 3.8) is 0 Å². The van der Waals surface area contributed by atoms with Crippen molar-refractivity contribution >= 4 is 23.9 Å². The fourth-order valence-electron chi connectivity index (χ4n) is 0. The van der Waals surface area contributed by atoms with Gasteiger partial charge in [-0.3, -0.25) is 0 Å². The molecule has 0 radical (unpaired) electrons. The first-order valence-electron chi connectivity index (χ1n) is 2.59. The number of carboxylic acid groups (broad SMARTS) is 4. The van der Waals surface area contributed by atoms with E-state index in [1.54, 1.807) is 0 Å². The topological polar surface area (TPSA) is 186 Å². The first-order chi connectivity index (χ1) is 6.70. The second-order valence-corrected chi connectivity index (χ2v) is 1.56. The van der Waals surface area contributed by atoms with Crippen LogP contribution in [0.15, 0.2) is 0 Å². The van der Waals surface area contributed by atoms with Gasteiger partial charge in [0.25, 0.3) is 0 Å². The molecule has 0 rings (SSSR count). The summed E-state index contributed by atoms with van der Waals surface area (Å²) in [4.78, 5) is 36.4. The minimum absolute atomic E-state index is 1.56. The summed E-state index contributed by atoms with van der Waals surface area (Å²) in [7, 11) is 0. The van der Waals surface area contributed by atoms with Crippen molar-refractivity contribution in [1.82, 2.24) is 0 Å². The third-order valence-corrected chi connectivity index (χ3v) is 0.366. The van der Waals surface area contributed by atoms with Gasteiger partial charge in [0.2, 0.25) is 0 Å². The molecule has 0 saturated heterocycles. The molecule has 0 fully saturated rings. The average molecular weight is 264 g/mol. The molecule has 86 valence electrons. The van der Waals surface area contributed by atoms with Gasteiger partial charge in [-0.1, -0.05) is 0 Å². The van der Waals surface area contributed by atoms with Crippen LogP contribution in [0.4, 0.5) is 0 Å². The Kier molecular flexibility index (Phi) is 15.4. The van der Waals surface area contributed by atoms with Crippen LogP contribution in [-0.2, 0) is 39.4 Å². The van der Waals surface area contributed by atoms with Gasteiger partial charge in [0, 0.05) is 0 Å². The zero-order chi connectivity index (χ0) is 13.0. The zero-order valence-electron chi connectivity index (χ0n) is 6.72. The Balaban J connectivity index is -0.000000153. The molecule has 5 N–H and O–H groups in total.